The first-order valence-electron chi connectivity index (χ1n) is 9.03. The minimum Gasteiger partial charge on any atom is -0.338 e. The van der Waals surface area contributed by atoms with Crippen molar-refractivity contribution in [2.45, 2.75) is 51.5 Å². The quantitative estimate of drug-likeness (QED) is 0.793. The number of benzene rings is 1. The lowest BCUT2D eigenvalue weighted by atomic mass is 9.97. The van der Waals surface area contributed by atoms with Gasteiger partial charge in [0.15, 0.2) is 0 Å². The van der Waals surface area contributed by atoms with Crippen LogP contribution in [0.15, 0.2) is 23.1 Å². The van der Waals surface area contributed by atoms with Crippen LogP contribution in [0.1, 0.15) is 42.8 Å². The van der Waals surface area contributed by atoms with Crippen molar-refractivity contribution in [3.8, 4) is 0 Å². The fraction of sp³-hybridized carbons (Fsp3) is 0.500. The van der Waals surface area contributed by atoms with Gasteiger partial charge in [-0.2, -0.15) is 0 Å². The summed E-state index contributed by atoms with van der Waals surface area (Å²) in [6, 6.07) is 5.11. The van der Waals surface area contributed by atoms with E-state index < -0.39 is 10.0 Å². The summed E-state index contributed by atoms with van der Waals surface area (Å²) in [5.74, 6) is 0.129. The number of rotatable bonds is 6. The molecule has 1 unspecified atom stereocenters. The molecule has 0 bridgehead atoms. The second-order valence-electron chi connectivity index (χ2n) is 6.86. The molecule has 1 aliphatic rings. The predicted octanol–water partition coefficient (Wildman–Crippen LogP) is 2.97. The molecule has 0 fully saturated rings. The Labute approximate surface area is 163 Å². The number of anilines is 1. The molecule has 0 aliphatic carbocycles. The van der Waals surface area contributed by atoms with Crippen molar-refractivity contribution in [2.24, 2.45) is 5.92 Å². The molecule has 0 saturated carbocycles. The third-order valence-corrected chi connectivity index (χ3v) is 6.92. The smallest absolute Gasteiger partial charge is 0.263 e. The maximum atomic E-state index is 12.7. The molecule has 1 aliphatic heterocycles. The van der Waals surface area contributed by atoms with Crippen LogP contribution in [0, 0.1) is 12.8 Å². The summed E-state index contributed by atoms with van der Waals surface area (Å²) in [5.41, 5.74) is 1.97. The van der Waals surface area contributed by atoms with Crippen molar-refractivity contribution in [3.05, 3.63) is 34.3 Å². The minimum absolute atomic E-state index is 0.00854. The monoisotopic (exact) mass is 408 g/mol. The Morgan fingerprint density at radius 1 is 1.33 bits per heavy atom. The summed E-state index contributed by atoms with van der Waals surface area (Å²) < 4.78 is 27.8. The number of aromatic nitrogens is 2. The van der Waals surface area contributed by atoms with Gasteiger partial charge in [-0.3, -0.25) is 9.52 Å². The number of amides is 1. The highest BCUT2D eigenvalue weighted by atomic mass is 32.2. The molecule has 9 heteroatoms. The van der Waals surface area contributed by atoms with Crippen LogP contribution in [0.2, 0.25) is 0 Å². The molecule has 3 rings (SSSR count). The van der Waals surface area contributed by atoms with E-state index in [0.717, 1.165) is 30.4 Å². The number of hydrogen-bond donors (Lipinski definition) is 1. The van der Waals surface area contributed by atoms with Crippen LogP contribution in [0.25, 0.3) is 0 Å². The number of hydrogen-bond acceptors (Lipinski definition) is 6. The van der Waals surface area contributed by atoms with Gasteiger partial charge < -0.3 is 4.90 Å². The summed E-state index contributed by atoms with van der Waals surface area (Å²) in [4.78, 5) is 14.6. The highest BCUT2D eigenvalue weighted by Gasteiger charge is 2.26. The Kier molecular flexibility index (Phi) is 5.81. The molecular formula is C18H24N4O3S2. The van der Waals surface area contributed by atoms with E-state index in [1.54, 1.807) is 19.1 Å². The van der Waals surface area contributed by atoms with Gasteiger partial charge in [0.25, 0.3) is 10.0 Å². The van der Waals surface area contributed by atoms with E-state index in [2.05, 4.69) is 21.8 Å². The Hall–Kier alpha value is -2.00. The van der Waals surface area contributed by atoms with Gasteiger partial charge in [-0.1, -0.05) is 37.7 Å². The molecule has 1 atom stereocenters. The highest BCUT2D eigenvalue weighted by Crippen LogP contribution is 2.26. The normalized spacial score (nSPS) is 15.3. The van der Waals surface area contributed by atoms with Gasteiger partial charge in [0.2, 0.25) is 11.0 Å². The third kappa shape index (κ3) is 4.47. The van der Waals surface area contributed by atoms with Gasteiger partial charge in [-0.15, -0.1) is 10.2 Å². The lowest BCUT2D eigenvalue weighted by Crippen LogP contribution is -2.39. The van der Waals surface area contributed by atoms with Crippen LogP contribution in [0.5, 0.6) is 0 Å². The molecule has 0 saturated heterocycles. The maximum Gasteiger partial charge on any atom is 0.263 e. The number of nitrogens with one attached hydrogen (secondary N) is 1. The van der Waals surface area contributed by atoms with Gasteiger partial charge in [0.05, 0.1) is 4.90 Å². The van der Waals surface area contributed by atoms with Gasteiger partial charge >= 0.3 is 0 Å². The fourth-order valence-corrected chi connectivity index (χ4v) is 5.14. The number of sulfonamides is 1. The van der Waals surface area contributed by atoms with E-state index in [0.29, 0.717) is 18.1 Å². The molecule has 0 radical (unpaired) electrons. The zero-order valence-corrected chi connectivity index (χ0v) is 17.4. The standard InChI is InChI=1S/C18H24N4O3S2/c1-4-5-12(2)17(23)22-9-8-14-6-7-16(10-15(14)11-22)27(24,25)21-18-20-19-13(3)26-18/h6-7,10,12H,4-5,8-9,11H2,1-3H3,(H,20,21). The van der Waals surface area contributed by atoms with Crippen molar-refractivity contribution in [1.29, 1.82) is 0 Å². The van der Waals surface area contributed by atoms with E-state index in [1.165, 1.54) is 11.3 Å². The SMILES string of the molecule is CCCC(C)C(=O)N1CCc2ccc(S(=O)(=O)Nc3nnc(C)s3)cc2C1. The van der Waals surface area contributed by atoms with Crippen LogP contribution < -0.4 is 4.72 Å². The lowest BCUT2D eigenvalue weighted by molar-refractivity contribution is -0.136. The van der Waals surface area contributed by atoms with Gasteiger partial charge in [0.1, 0.15) is 5.01 Å². The minimum atomic E-state index is -3.74. The Morgan fingerprint density at radius 2 is 2.11 bits per heavy atom. The van der Waals surface area contributed by atoms with Gasteiger partial charge in [-0.05, 0) is 43.0 Å². The third-order valence-electron chi connectivity index (χ3n) is 4.70. The van der Waals surface area contributed by atoms with Crippen molar-refractivity contribution in [1.82, 2.24) is 15.1 Å². The number of carbonyl (C=O) groups excluding carboxylic acids is 1. The van der Waals surface area contributed by atoms with E-state index in [9.17, 15) is 13.2 Å². The molecular weight excluding hydrogens is 384 g/mol. The van der Waals surface area contributed by atoms with Gasteiger partial charge in [0, 0.05) is 19.0 Å². The molecule has 1 N–H and O–H groups in total. The lowest BCUT2D eigenvalue weighted by Gasteiger charge is -2.31. The Balaban J connectivity index is 1.80. The molecule has 1 aromatic heterocycles. The largest absolute Gasteiger partial charge is 0.338 e. The maximum absolute atomic E-state index is 12.7. The van der Waals surface area contributed by atoms with Crippen molar-refractivity contribution in [2.75, 3.05) is 11.3 Å². The van der Waals surface area contributed by atoms with Crippen LogP contribution in [-0.2, 0) is 27.8 Å². The van der Waals surface area contributed by atoms with Crippen molar-refractivity contribution >= 4 is 32.4 Å². The second-order valence-corrected chi connectivity index (χ2v) is 9.73. The molecule has 2 heterocycles. The first-order chi connectivity index (χ1) is 12.8. The number of aryl methyl sites for hydroxylation is 1. The van der Waals surface area contributed by atoms with Crippen LogP contribution in [0.4, 0.5) is 5.13 Å². The first kappa shape index (κ1) is 19.8. The van der Waals surface area contributed by atoms with E-state index in [4.69, 9.17) is 0 Å². The molecule has 1 aromatic carbocycles. The van der Waals surface area contributed by atoms with Crippen LogP contribution >= 0.6 is 11.3 Å². The number of nitrogens with zero attached hydrogens (tertiary/aromatic N) is 3. The Bertz CT molecular complexity index is 940. The first-order valence-corrected chi connectivity index (χ1v) is 11.3. The molecule has 0 spiro atoms. The summed E-state index contributed by atoms with van der Waals surface area (Å²) in [6.07, 6.45) is 2.57. The topological polar surface area (TPSA) is 92.3 Å². The van der Waals surface area contributed by atoms with Crippen molar-refractivity contribution in [3.63, 3.8) is 0 Å². The highest BCUT2D eigenvalue weighted by molar-refractivity contribution is 7.93. The molecule has 1 amide bonds. The van der Waals surface area contributed by atoms with E-state index in [-0.39, 0.29) is 21.9 Å². The van der Waals surface area contributed by atoms with Crippen LogP contribution in [0.3, 0.4) is 0 Å². The van der Waals surface area contributed by atoms with Crippen LogP contribution in [-0.4, -0.2) is 36.0 Å². The Morgan fingerprint density at radius 3 is 2.78 bits per heavy atom. The molecule has 2 aromatic rings. The van der Waals surface area contributed by atoms with Crippen molar-refractivity contribution < 1.29 is 13.2 Å². The average Bonchev–Trinajstić information content (AvgIpc) is 3.04. The summed E-state index contributed by atoms with van der Waals surface area (Å²) in [5, 5.41) is 8.57. The number of fused-ring (bicyclic) bond motifs is 1. The fourth-order valence-electron chi connectivity index (χ4n) is 3.27. The zero-order chi connectivity index (χ0) is 19.6. The molecule has 146 valence electrons. The predicted molar refractivity (Wildman–Crippen MR) is 105 cm³/mol. The molecule has 27 heavy (non-hydrogen) atoms. The zero-order valence-electron chi connectivity index (χ0n) is 15.7. The van der Waals surface area contributed by atoms with E-state index in [1.807, 2.05) is 17.9 Å². The van der Waals surface area contributed by atoms with Gasteiger partial charge in [-0.25, -0.2) is 8.42 Å². The van der Waals surface area contributed by atoms with E-state index >= 15 is 0 Å². The summed E-state index contributed by atoms with van der Waals surface area (Å²) >= 11 is 1.18. The average molecular weight is 409 g/mol. The number of carbonyl (C=O) groups is 1. The molecule has 7 nitrogen and oxygen atoms in total. The second kappa shape index (κ2) is 7.93. The summed E-state index contributed by atoms with van der Waals surface area (Å²) in [6.45, 7) is 6.91. The summed E-state index contributed by atoms with van der Waals surface area (Å²) in [7, 11) is -3.74.